The Labute approximate surface area is 110 Å². The van der Waals surface area contributed by atoms with E-state index < -0.39 is 0 Å². The van der Waals surface area contributed by atoms with Crippen molar-refractivity contribution in [2.24, 2.45) is 28.1 Å². The van der Waals surface area contributed by atoms with Gasteiger partial charge in [-0.1, -0.05) is 25.4 Å². The monoisotopic (exact) mass is 253 g/mol. The first-order valence-electron chi connectivity index (χ1n) is 7.24. The maximum absolute atomic E-state index is 8.72. The third-order valence-electron chi connectivity index (χ3n) is 4.92. The molecule has 0 amide bonds. The molecule has 0 aromatic carbocycles. The van der Waals surface area contributed by atoms with Gasteiger partial charge in [-0.05, 0) is 50.5 Å². The summed E-state index contributed by atoms with van der Waals surface area (Å²) in [6.45, 7) is 5.11. The highest BCUT2D eigenvalue weighted by Gasteiger charge is 2.38. The average molecular weight is 253 g/mol. The minimum atomic E-state index is -0.203. The van der Waals surface area contributed by atoms with E-state index in [1.807, 2.05) is 13.8 Å². The summed E-state index contributed by atoms with van der Waals surface area (Å²) in [6, 6.07) is 0.760. The molecule has 104 valence electrons. The van der Waals surface area contributed by atoms with Crippen LogP contribution in [0.1, 0.15) is 52.4 Å². The van der Waals surface area contributed by atoms with Crippen molar-refractivity contribution in [2.45, 2.75) is 58.4 Å². The Morgan fingerprint density at radius 2 is 2.17 bits per heavy atom. The number of amidine groups is 1. The molecule has 0 radical (unpaired) electrons. The van der Waals surface area contributed by atoms with E-state index in [-0.39, 0.29) is 5.41 Å². The molecule has 4 heteroatoms. The van der Waals surface area contributed by atoms with Crippen LogP contribution < -0.4 is 11.1 Å². The SMILES string of the molecule is CC(C)(CCCNC1CC2CCC1C2)C(N)=NO. The highest BCUT2D eigenvalue weighted by atomic mass is 16.4. The fourth-order valence-corrected chi connectivity index (χ4v) is 3.58. The van der Waals surface area contributed by atoms with E-state index in [0.29, 0.717) is 5.84 Å². The predicted octanol–water partition coefficient (Wildman–Crippen LogP) is 2.32. The molecule has 3 atom stereocenters. The molecule has 0 aromatic rings. The number of hydrogen-bond donors (Lipinski definition) is 3. The largest absolute Gasteiger partial charge is 0.409 e. The van der Waals surface area contributed by atoms with E-state index in [1.54, 1.807) is 0 Å². The summed E-state index contributed by atoms with van der Waals surface area (Å²) in [5, 5.41) is 15.5. The van der Waals surface area contributed by atoms with Gasteiger partial charge in [-0.3, -0.25) is 0 Å². The standard InChI is InChI=1S/C14H27N3O/c1-14(2,13(15)17-18)6-3-7-16-12-9-10-4-5-11(12)8-10/h10-12,16,18H,3-9H2,1-2H3,(H2,15,17). The van der Waals surface area contributed by atoms with Gasteiger partial charge in [0.15, 0.2) is 0 Å². The van der Waals surface area contributed by atoms with Crippen LogP contribution in [0, 0.1) is 17.3 Å². The van der Waals surface area contributed by atoms with E-state index in [1.165, 1.54) is 25.7 Å². The fraction of sp³-hybridized carbons (Fsp3) is 0.929. The van der Waals surface area contributed by atoms with Crippen molar-refractivity contribution in [2.75, 3.05) is 6.54 Å². The van der Waals surface area contributed by atoms with Crippen molar-refractivity contribution in [3.05, 3.63) is 0 Å². The first-order chi connectivity index (χ1) is 8.53. The lowest BCUT2D eigenvalue weighted by Crippen LogP contribution is -2.36. The molecule has 2 saturated carbocycles. The third kappa shape index (κ3) is 2.97. The Bertz CT molecular complexity index is 314. The molecule has 3 unspecified atom stereocenters. The smallest absolute Gasteiger partial charge is 0.144 e. The first kappa shape index (κ1) is 13.7. The van der Waals surface area contributed by atoms with Crippen LogP contribution in [0.5, 0.6) is 0 Å². The van der Waals surface area contributed by atoms with Crippen LogP contribution in [0.4, 0.5) is 0 Å². The van der Waals surface area contributed by atoms with Gasteiger partial charge in [0, 0.05) is 11.5 Å². The topological polar surface area (TPSA) is 70.6 Å². The molecule has 0 saturated heterocycles. The van der Waals surface area contributed by atoms with Gasteiger partial charge < -0.3 is 16.3 Å². The maximum atomic E-state index is 8.72. The average Bonchev–Trinajstić information content (AvgIpc) is 2.95. The molecular formula is C14H27N3O. The summed E-state index contributed by atoms with van der Waals surface area (Å²) >= 11 is 0. The summed E-state index contributed by atoms with van der Waals surface area (Å²) in [5.41, 5.74) is 5.48. The zero-order chi connectivity index (χ0) is 13.2. The molecule has 4 N–H and O–H groups in total. The first-order valence-corrected chi connectivity index (χ1v) is 7.24. The van der Waals surface area contributed by atoms with E-state index in [2.05, 4.69) is 10.5 Å². The molecule has 18 heavy (non-hydrogen) atoms. The van der Waals surface area contributed by atoms with E-state index in [9.17, 15) is 0 Å². The van der Waals surface area contributed by atoms with Crippen LogP contribution in [0.15, 0.2) is 5.16 Å². The van der Waals surface area contributed by atoms with E-state index >= 15 is 0 Å². The van der Waals surface area contributed by atoms with Gasteiger partial charge in [0.25, 0.3) is 0 Å². The lowest BCUT2D eigenvalue weighted by molar-refractivity contribution is 0.302. The summed E-state index contributed by atoms with van der Waals surface area (Å²) in [6.07, 6.45) is 7.76. The van der Waals surface area contributed by atoms with Gasteiger partial charge in [0.2, 0.25) is 0 Å². The molecule has 2 aliphatic carbocycles. The molecular weight excluding hydrogens is 226 g/mol. The molecule has 2 fully saturated rings. The molecule has 4 nitrogen and oxygen atoms in total. The van der Waals surface area contributed by atoms with Gasteiger partial charge in [0.1, 0.15) is 5.84 Å². The molecule has 0 spiro atoms. The summed E-state index contributed by atoms with van der Waals surface area (Å²) < 4.78 is 0. The number of rotatable bonds is 6. The minimum absolute atomic E-state index is 0.203. The number of fused-ring (bicyclic) bond motifs is 2. The van der Waals surface area contributed by atoms with Crippen LogP contribution in [-0.4, -0.2) is 23.6 Å². The Balaban J connectivity index is 1.64. The molecule has 2 rings (SSSR count). The fourth-order valence-electron chi connectivity index (χ4n) is 3.58. The van der Waals surface area contributed by atoms with E-state index in [4.69, 9.17) is 10.9 Å². The van der Waals surface area contributed by atoms with Crippen LogP contribution in [-0.2, 0) is 0 Å². The van der Waals surface area contributed by atoms with Crippen LogP contribution in [0.25, 0.3) is 0 Å². The highest BCUT2D eigenvalue weighted by Crippen LogP contribution is 2.44. The highest BCUT2D eigenvalue weighted by molar-refractivity contribution is 5.85. The third-order valence-corrected chi connectivity index (χ3v) is 4.92. The van der Waals surface area contributed by atoms with Crippen molar-refractivity contribution < 1.29 is 5.21 Å². The zero-order valence-electron chi connectivity index (χ0n) is 11.7. The normalized spacial score (nSPS) is 32.1. The minimum Gasteiger partial charge on any atom is -0.409 e. The molecule has 0 aliphatic heterocycles. The quantitative estimate of drug-likeness (QED) is 0.224. The van der Waals surface area contributed by atoms with E-state index in [0.717, 1.165) is 37.3 Å². The van der Waals surface area contributed by atoms with Crippen molar-refractivity contribution in [3.8, 4) is 0 Å². The van der Waals surface area contributed by atoms with Crippen molar-refractivity contribution >= 4 is 5.84 Å². The lowest BCUT2D eigenvalue weighted by atomic mass is 9.86. The van der Waals surface area contributed by atoms with Crippen LogP contribution in [0.3, 0.4) is 0 Å². The number of hydrogen-bond acceptors (Lipinski definition) is 3. The number of oxime groups is 1. The second kappa shape index (κ2) is 5.47. The Morgan fingerprint density at radius 3 is 2.72 bits per heavy atom. The second-order valence-electron chi connectivity index (χ2n) is 6.71. The van der Waals surface area contributed by atoms with Gasteiger partial charge in [-0.2, -0.15) is 0 Å². The number of nitrogens with two attached hydrogens (primary N) is 1. The summed E-state index contributed by atoms with van der Waals surface area (Å²) in [5.74, 6) is 2.27. The Hall–Kier alpha value is -0.770. The van der Waals surface area contributed by atoms with Gasteiger partial charge in [-0.25, -0.2) is 0 Å². The van der Waals surface area contributed by atoms with Crippen LogP contribution in [0.2, 0.25) is 0 Å². The number of nitrogens with one attached hydrogen (secondary N) is 1. The van der Waals surface area contributed by atoms with Crippen molar-refractivity contribution in [3.63, 3.8) is 0 Å². The molecule has 2 bridgehead atoms. The second-order valence-corrected chi connectivity index (χ2v) is 6.71. The summed E-state index contributed by atoms with van der Waals surface area (Å²) in [7, 11) is 0. The van der Waals surface area contributed by atoms with Crippen LogP contribution >= 0.6 is 0 Å². The van der Waals surface area contributed by atoms with Gasteiger partial charge in [0.05, 0.1) is 0 Å². The summed E-state index contributed by atoms with van der Waals surface area (Å²) in [4.78, 5) is 0. The molecule has 0 aromatic heterocycles. The number of nitrogens with zero attached hydrogens (tertiary/aromatic N) is 1. The molecule has 0 heterocycles. The van der Waals surface area contributed by atoms with Gasteiger partial charge >= 0.3 is 0 Å². The predicted molar refractivity (Wildman–Crippen MR) is 73.7 cm³/mol. The Morgan fingerprint density at radius 1 is 1.39 bits per heavy atom. The lowest BCUT2D eigenvalue weighted by Gasteiger charge is -2.25. The zero-order valence-corrected chi connectivity index (χ0v) is 11.7. The maximum Gasteiger partial charge on any atom is 0.144 e. The van der Waals surface area contributed by atoms with Gasteiger partial charge in [-0.15, -0.1) is 0 Å². The van der Waals surface area contributed by atoms with Crippen molar-refractivity contribution in [1.82, 2.24) is 5.32 Å². The Kier molecular flexibility index (Phi) is 4.15. The van der Waals surface area contributed by atoms with Crippen molar-refractivity contribution in [1.29, 1.82) is 0 Å². The molecule has 2 aliphatic rings.